The minimum absolute atomic E-state index is 0.126. The van der Waals surface area contributed by atoms with Gasteiger partial charge in [-0.15, -0.1) is 0 Å². The van der Waals surface area contributed by atoms with Crippen molar-refractivity contribution in [3.63, 3.8) is 0 Å². The highest BCUT2D eigenvalue weighted by Gasteiger charge is 2.37. The molecular formula is C21H28BrNO3Si. The van der Waals surface area contributed by atoms with E-state index in [0.717, 1.165) is 15.6 Å². The number of anilines is 1. The molecule has 0 saturated carbocycles. The summed E-state index contributed by atoms with van der Waals surface area (Å²) in [6.45, 7) is 11.7. The second kappa shape index (κ2) is 9.04. The molecule has 0 aromatic heterocycles. The van der Waals surface area contributed by atoms with Crippen LogP contribution >= 0.6 is 15.9 Å². The Morgan fingerprint density at radius 1 is 1.07 bits per heavy atom. The van der Waals surface area contributed by atoms with E-state index in [1.54, 1.807) is 0 Å². The Balaban J connectivity index is 2.03. The number of carbonyl (C=O) groups excluding carboxylic acids is 1. The van der Waals surface area contributed by atoms with E-state index in [-0.39, 0.29) is 11.6 Å². The monoisotopic (exact) mass is 449 g/mol. The third-order valence-corrected chi connectivity index (χ3v) is 9.88. The Hall–Kier alpha value is -1.63. The van der Waals surface area contributed by atoms with E-state index in [2.05, 4.69) is 55.1 Å². The number of amides is 1. The Morgan fingerprint density at radius 3 is 2.37 bits per heavy atom. The zero-order chi connectivity index (χ0) is 20.1. The summed E-state index contributed by atoms with van der Waals surface area (Å²) in [6, 6.07) is 15.3. The molecule has 0 aliphatic carbocycles. The molecule has 6 heteroatoms. The first-order valence-electron chi connectivity index (χ1n) is 8.98. The molecule has 0 radical (unpaired) electrons. The zero-order valence-electron chi connectivity index (χ0n) is 16.6. The van der Waals surface area contributed by atoms with Gasteiger partial charge in [-0.3, -0.25) is 5.32 Å². The van der Waals surface area contributed by atoms with Gasteiger partial charge in [0, 0.05) is 15.7 Å². The molecular weight excluding hydrogens is 422 g/mol. The van der Waals surface area contributed by atoms with Crippen LogP contribution in [0.1, 0.15) is 31.9 Å². The zero-order valence-corrected chi connectivity index (χ0v) is 19.2. The molecule has 27 heavy (non-hydrogen) atoms. The topological polar surface area (TPSA) is 47.6 Å². The first-order chi connectivity index (χ1) is 12.6. The maximum Gasteiger partial charge on any atom is 0.411 e. The lowest BCUT2D eigenvalue weighted by molar-refractivity contribution is 0.155. The molecule has 0 heterocycles. The van der Waals surface area contributed by atoms with Gasteiger partial charge in [0.25, 0.3) is 0 Å². The van der Waals surface area contributed by atoms with Crippen molar-refractivity contribution in [1.82, 2.24) is 0 Å². The molecule has 2 aromatic carbocycles. The minimum Gasteiger partial charge on any atom is -0.444 e. The Kier molecular flexibility index (Phi) is 7.25. The second-order valence-corrected chi connectivity index (χ2v) is 13.8. The molecule has 0 aliphatic heterocycles. The van der Waals surface area contributed by atoms with Gasteiger partial charge in [0.15, 0.2) is 8.32 Å². The summed E-state index contributed by atoms with van der Waals surface area (Å²) in [5.41, 5.74) is 2.57. The molecule has 146 valence electrons. The highest BCUT2D eigenvalue weighted by atomic mass is 79.9. The molecule has 0 spiro atoms. The van der Waals surface area contributed by atoms with Crippen LogP contribution in [-0.2, 0) is 22.4 Å². The Bertz CT molecular complexity index is 773. The fourth-order valence-electron chi connectivity index (χ4n) is 2.15. The van der Waals surface area contributed by atoms with E-state index in [1.807, 2.05) is 48.5 Å². The van der Waals surface area contributed by atoms with Gasteiger partial charge >= 0.3 is 6.09 Å². The summed E-state index contributed by atoms with van der Waals surface area (Å²) in [6.07, 6.45) is -0.477. The molecule has 0 fully saturated rings. The van der Waals surface area contributed by atoms with Crippen molar-refractivity contribution < 1.29 is 14.0 Å². The number of rotatable bonds is 6. The lowest BCUT2D eigenvalue weighted by Gasteiger charge is -2.36. The normalized spacial score (nSPS) is 11.9. The summed E-state index contributed by atoms with van der Waals surface area (Å²) < 4.78 is 12.6. The maximum atomic E-state index is 12.2. The molecule has 1 N–H and O–H groups in total. The van der Waals surface area contributed by atoms with Gasteiger partial charge in [-0.1, -0.05) is 67.0 Å². The van der Waals surface area contributed by atoms with E-state index in [9.17, 15) is 4.79 Å². The number of halogens is 1. The minimum atomic E-state index is -1.89. The summed E-state index contributed by atoms with van der Waals surface area (Å²) in [7, 11) is -1.89. The van der Waals surface area contributed by atoms with Gasteiger partial charge in [0.05, 0.1) is 6.61 Å². The first-order valence-corrected chi connectivity index (χ1v) is 12.7. The maximum absolute atomic E-state index is 12.2. The second-order valence-electron chi connectivity index (χ2n) is 8.04. The molecule has 0 bridgehead atoms. The third-order valence-electron chi connectivity index (χ3n) is 4.91. The van der Waals surface area contributed by atoms with E-state index in [1.165, 1.54) is 0 Å². The average molecular weight is 450 g/mol. The van der Waals surface area contributed by atoms with Crippen LogP contribution in [0.15, 0.2) is 53.0 Å². The molecule has 0 saturated heterocycles. The Labute approximate surface area is 171 Å². The standard InChI is InChI=1S/C21H28BrNO3Si/c1-21(2,3)27(4,5)26-15-17-13-18(22)11-12-19(17)23-20(24)25-14-16-9-7-6-8-10-16/h6-13H,14-15H2,1-5H3,(H,23,24). The third kappa shape index (κ3) is 6.48. The molecule has 0 unspecified atom stereocenters. The van der Waals surface area contributed by atoms with Crippen molar-refractivity contribution in [1.29, 1.82) is 0 Å². The molecule has 2 aromatic rings. The number of benzene rings is 2. The van der Waals surface area contributed by atoms with E-state index in [4.69, 9.17) is 9.16 Å². The predicted octanol–water partition coefficient (Wildman–Crippen LogP) is 6.72. The molecule has 1 amide bonds. The molecule has 0 atom stereocenters. The first kappa shape index (κ1) is 21.7. The highest BCUT2D eigenvalue weighted by molar-refractivity contribution is 9.10. The van der Waals surface area contributed by atoms with Crippen molar-refractivity contribution in [3.05, 3.63) is 64.1 Å². The highest BCUT2D eigenvalue weighted by Crippen LogP contribution is 2.37. The van der Waals surface area contributed by atoms with Gasteiger partial charge in [0.1, 0.15) is 6.61 Å². The van der Waals surface area contributed by atoms with E-state index >= 15 is 0 Å². The van der Waals surface area contributed by atoms with Crippen molar-refractivity contribution in [2.75, 3.05) is 5.32 Å². The summed E-state index contributed by atoms with van der Waals surface area (Å²) in [4.78, 5) is 12.2. The van der Waals surface area contributed by atoms with E-state index < -0.39 is 14.4 Å². The SMILES string of the molecule is CC(C)(C)[Si](C)(C)OCc1cc(Br)ccc1NC(=O)OCc1ccccc1. The van der Waals surface area contributed by atoms with Gasteiger partial charge in [0.2, 0.25) is 0 Å². The summed E-state index contributed by atoms with van der Waals surface area (Å²) in [5, 5.41) is 2.96. The van der Waals surface area contributed by atoms with Crippen molar-refractivity contribution in [2.24, 2.45) is 0 Å². The Morgan fingerprint density at radius 2 is 1.74 bits per heavy atom. The quantitative estimate of drug-likeness (QED) is 0.497. The molecule has 2 rings (SSSR count). The van der Waals surface area contributed by atoms with Crippen LogP contribution in [0.3, 0.4) is 0 Å². The lowest BCUT2D eigenvalue weighted by atomic mass is 10.2. The molecule has 4 nitrogen and oxygen atoms in total. The van der Waals surface area contributed by atoms with Crippen molar-refractivity contribution in [2.45, 2.75) is 52.1 Å². The van der Waals surface area contributed by atoms with Crippen LogP contribution in [-0.4, -0.2) is 14.4 Å². The van der Waals surface area contributed by atoms with Crippen LogP contribution in [0.2, 0.25) is 18.1 Å². The number of ether oxygens (including phenoxy) is 1. The van der Waals surface area contributed by atoms with Crippen molar-refractivity contribution >= 4 is 36.0 Å². The predicted molar refractivity (Wildman–Crippen MR) is 116 cm³/mol. The lowest BCUT2D eigenvalue weighted by Crippen LogP contribution is -2.40. The number of hydrogen-bond acceptors (Lipinski definition) is 3. The largest absolute Gasteiger partial charge is 0.444 e. The van der Waals surface area contributed by atoms with Crippen LogP contribution in [0.4, 0.5) is 10.5 Å². The summed E-state index contributed by atoms with van der Waals surface area (Å²) >= 11 is 3.50. The smallest absolute Gasteiger partial charge is 0.411 e. The van der Waals surface area contributed by atoms with Gasteiger partial charge in [-0.25, -0.2) is 4.79 Å². The van der Waals surface area contributed by atoms with E-state index in [0.29, 0.717) is 12.3 Å². The van der Waals surface area contributed by atoms with Crippen LogP contribution in [0, 0.1) is 0 Å². The fourth-order valence-corrected chi connectivity index (χ4v) is 3.51. The van der Waals surface area contributed by atoms with Crippen LogP contribution < -0.4 is 5.32 Å². The number of nitrogens with one attached hydrogen (secondary N) is 1. The summed E-state index contributed by atoms with van der Waals surface area (Å²) in [5.74, 6) is 0. The van der Waals surface area contributed by atoms with Gasteiger partial charge in [-0.05, 0) is 41.9 Å². The molecule has 0 aliphatic rings. The van der Waals surface area contributed by atoms with Gasteiger partial charge < -0.3 is 9.16 Å². The number of carbonyl (C=O) groups is 1. The van der Waals surface area contributed by atoms with Crippen LogP contribution in [0.5, 0.6) is 0 Å². The van der Waals surface area contributed by atoms with Gasteiger partial charge in [-0.2, -0.15) is 0 Å². The fraction of sp³-hybridized carbons (Fsp3) is 0.381. The number of hydrogen-bond donors (Lipinski definition) is 1. The van der Waals surface area contributed by atoms with Crippen molar-refractivity contribution in [3.8, 4) is 0 Å². The van der Waals surface area contributed by atoms with Crippen LogP contribution in [0.25, 0.3) is 0 Å². The average Bonchev–Trinajstić information content (AvgIpc) is 2.60.